The minimum atomic E-state index is -0.0913. The van der Waals surface area contributed by atoms with Crippen molar-refractivity contribution >= 4 is 11.6 Å². The number of carbonyl (C=O) groups excluding carboxylic acids is 1. The predicted octanol–water partition coefficient (Wildman–Crippen LogP) is 0.349. The lowest BCUT2D eigenvalue weighted by Crippen LogP contribution is -2.35. The molecule has 0 heterocycles. The summed E-state index contributed by atoms with van der Waals surface area (Å²) in [4.78, 5) is 11.0. The fourth-order valence-corrected chi connectivity index (χ4v) is 0.868. The zero-order valence-corrected chi connectivity index (χ0v) is 7.50. The minimum absolute atomic E-state index is 0.0913. The van der Waals surface area contributed by atoms with E-state index in [0.29, 0.717) is 6.54 Å². The third-order valence-electron chi connectivity index (χ3n) is 1.46. The van der Waals surface area contributed by atoms with Crippen LogP contribution in [0.5, 0.6) is 0 Å². The molecule has 0 saturated carbocycles. The number of hydrogen-bond acceptors (Lipinski definition) is 3. The molecule has 0 unspecified atom stereocenters. The molecule has 0 bridgehead atoms. The SMILES string of the molecule is CNCC(=O)NNc1ccccc1. The minimum Gasteiger partial charge on any atom is -0.311 e. The highest BCUT2D eigenvalue weighted by Crippen LogP contribution is 2.01. The summed E-state index contributed by atoms with van der Waals surface area (Å²) in [5.74, 6) is -0.0913. The van der Waals surface area contributed by atoms with Crippen LogP contribution in [0.2, 0.25) is 0 Å². The normalized spacial score (nSPS) is 9.31. The molecule has 0 saturated heterocycles. The zero-order chi connectivity index (χ0) is 9.52. The molecule has 4 heteroatoms. The first-order valence-corrected chi connectivity index (χ1v) is 4.07. The highest BCUT2D eigenvalue weighted by atomic mass is 16.2. The van der Waals surface area contributed by atoms with Gasteiger partial charge < -0.3 is 5.32 Å². The van der Waals surface area contributed by atoms with E-state index < -0.39 is 0 Å². The fraction of sp³-hybridized carbons (Fsp3) is 0.222. The number of para-hydroxylation sites is 1. The van der Waals surface area contributed by atoms with Gasteiger partial charge in [0.1, 0.15) is 0 Å². The van der Waals surface area contributed by atoms with Crippen LogP contribution in [0, 0.1) is 0 Å². The first-order valence-electron chi connectivity index (χ1n) is 4.07. The zero-order valence-electron chi connectivity index (χ0n) is 7.50. The van der Waals surface area contributed by atoms with Crippen molar-refractivity contribution in [3.63, 3.8) is 0 Å². The van der Waals surface area contributed by atoms with Crippen molar-refractivity contribution < 1.29 is 4.79 Å². The lowest BCUT2D eigenvalue weighted by Gasteiger charge is -2.07. The van der Waals surface area contributed by atoms with Gasteiger partial charge in [0, 0.05) is 0 Å². The fourth-order valence-electron chi connectivity index (χ4n) is 0.868. The number of hydrazine groups is 1. The standard InChI is InChI=1S/C9H13N3O/c1-10-7-9(13)12-11-8-5-3-2-4-6-8/h2-6,10-11H,7H2,1H3,(H,12,13). The highest BCUT2D eigenvalue weighted by Gasteiger charge is 1.96. The molecule has 1 aromatic carbocycles. The van der Waals surface area contributed by atoms with E-state index in [4.69, 9.17) is 0 Å². The maximum absolute atomic E-state index is 11.0. The lowest BCUT2D eigenvalue weighted by atomic mass is 10.3. The van der Waals surface area contributed by atoms with Gasteiger partial charge in [-0.2, -0.15) is 0 Å². The predicted molar refractivity (Wildman–Crippen MR) is 52.1 cm³/mol. The molecule has 0 fully saturated rings. The third-order valence-corrected chi connectivity index (χ3v) is 1.46. The molecule has 3 N–H and O–H groups in total. The first-order chi connectivity index (χ1) is 6.33. The Kier molecular flexibility index (Phi) is 3.78. The van der Waals surface area contributed by atoms with Crippen molar-refractivity contribution in [3.8, 4) is 0 Å². The van der Waals surface area contributed by atoms with Gasteiger partial charge in [-0.25, -0.2) is 0 Å². The van der Waals surface area contributed by atoms with Gasteiger partial charge in [0.25, 0.3) is 5.91 Å². The van der Waals surface area contributed by atoms with Crippen LogP contribution < -0.4 is 16.2 Å². The van der Waals surface area contributed by atoms with Gasteiger partial charge in [-0.3, -0.25) is 15.6 Å². The van der Waals surface area contributed by atoms with Crippen LogP contribution >= 0.6 is 0 Å². The molecule has 70 valence electrons. The van der Waals surface area contributed by atoms with Gasteiger partial charge in [-0.15, -0.1) is 0 Å². The Labute approximate surface area is 77.3 Å². The van der Waals surface area contributed by atoms with Crippen molar-refractivity contribution in [1.82, 2.24) is 10.7 Å². The Balaban J connectivity index is 2.31. The average Bonchev–Trinajstić information content (AvgIpc) is 2.17. The van der Waals surface area contributed by atoms with Gasteiger partial charge in [0.2, 0.25) is 0 Å². The molecule has 13 heavy (non-hydrogen) atoms. The molecular formula is C9H13N3O. The van der Waals surface area contributed by atoms with Crippen molar-refractivity contribution in [2.24, 2.45) is 0 Å². The second-order valence-electron chi connectivity index (χ2n) is 2.57. The van der Waals surface area contributed by atoms with E-state index in [0.717, 1.165) is 5.69 Å². The van der Waals surface area contributed by atoms with Crippen molar-refractivity contribution in [2.75, 3.05) is 19.0 Å². The summed E-state index contributed by atoms with van der Waals surface area (Å²) in [7, 11) is 1.72. The highest BCUT2D eigenvalue weighted by molar-refractivity contribution is 5.79. The summed E-state index contributed by atoms with van der Waals surface area (Å²) >= 11 is 0. The third kappa shape index (κ3) is 3.57. The molecule has 1 rings (SSSR count). The molecule has 0 radical (unpaired) electrons. The summed E-state index contributed by atoms with van der Waals surface area (Å²) < 4.78 is 0. The van der Waals surface area contributed by atoms with Crippen LogP contribution in [0.4, 0.5) is 5.69 Å². The molecule has 1 aromatic rings. The van der Waals surface area contributed by atoms with E-state index >= 15 is 0 Å². The number of benzene rings is 1. The number of anilines is 1. The Morgan fingerprint density at radius 1 is 1.31 bits per heavy atom. The van der Waals surface area contributed by atoms with Crippen molar-refractivity contribution in [3.05, 3.63) is 30.3 Å². The molecule has 0 aliphatic rings. The van der Waals surface area contributed by atoms with Gasteiger partial charge in [0.15, 0.2) is 0 Å². The van der Waals surface area contributed by atoms with Crippen LogP contribution in [0.1, 0.15) is 0 Å². The molecule has 0 atom stereocenters. The molecular weight excluding hydrogens is 166 g/mol. The second kappa shape index (κ2) is 5.16. The van der Waals surface area contributed by atoms with Crippen LogP contribution in [0.25, 0.3) is 0 Å². The Morgan fingerprint density at radius 2 is 2.00 bits per heavy atom. The number of amides is 1. The number of nitrogens with one attached hydrogen (secondary N) is 3. The van der Waals surface area contributed by atoms with E-state index in [9.17, 15) is 4.79 Å². The molecule has 0 spiro atoms. The van der Waals surface area contributed by atoms with Crippen LogP contribution in [0.3, 0.4) is 0 Å². The Bertz CT molecular complexity index is 261. The van der Waals surface area contributed by atoms with E-state index in [-0.39, 0.29) is 5.91 Å². The summed E-state index contributed by atoms with van der Waals surface area (Å²) in [5, 5.41) is 2.75. The van der Waals surface area contributed by atoms with E-state index in [1.807, 2.05) is 30.3 Å². The quantitative estimate of drug-likeness (QED) is 0.584. The molecule has 0 aliphatic carbocycles. The summed E-state index contributed by atoms with van der Waals surface area (Å²) in [6.07, 6.45) is 0. The summed E-state index contributed by atoms with van der Waals surface area (Å²) in [6, 6.07) is 9.46. The smallest absolute Gasteiger partial charge is 0.252 e. The van der Waals surface area contributed by atoms with Gasteiger partial charge in [0.05, 0.1) is 12.2 Å². The molecule has 0 aliphatic heterocycles. The van der Waals surface area contributed by atoms with Crippen molar-refractivity contribution in [2.45, 2.75) is 0 Å². The Hall–Kier alpha value is -1.55. The van der Waals surface area contributed by atoms with E-state index in [2.05, 4.69) is 16.2 Å². The van der Waals surface area contributed by atoms with Crippen LogP contribution in [-0.4, -0.2) is 19.5 Å². The van der Waals surface area contributed by atoms with Gasteiger partial charge in [-0.1, -0.05) is 18.2 Å². The second-order valence-corrected chi connectivity index (χ2v) is 2.57. The maximum Gasteiger partial charge on any atom is 0.252 e. The first kappa shape index (κ1) is 9.54. The molecule has 0 aromatic heterocycles. The number of likely N-dealkylation sites (N-methyl/N-ethyl adjacent to an activating group) is 1. The molecule has 4 nitrogen and oxygen atoms in total. The number of carbonyl (C=O) groups is 1. The maximum atomic E-state index is 11.0. The van der Waals surface area contributed by atoms with Crippen molar-refractivity contribution in [1.29, 1.82) is 0 Å². The molecule has 1 amide bonds. The number of rotatable bonds is 4. The van der Waals surface area contributed by atoms with Gasteiger partial charge >= 0.3 is 0 Å². The largest absolute Gasteiger partial charge is 0.311 e. The van der Waals surface area contributed by atoms with Crippen LogP contribution in [0.15, 0.2) is 30.3 Å². The Morgan fingerprint density at radius 3 is 2.62 bits per heavy atom. The van der Waals surface area contributed by atoms with E-state index in [1.165, 1.54) is 0 Å². The lowest BCUT2D eigenvalue weighted by molar-refractivity contribution is -0.119. The topological polar surface area (TPSA) is 53.2 Å². The summed E-state index contributed by atoms with van der Waals surface area (Å²) in [5.41, 5.74) is 6.21. The monoisotopic (exact) mass is 179 g/mol. The average molecular weight is 179 g/mol. The van der Waals surface area contributed by atoms with Crippen LogP contribution in [-0.2, 0) is 4.79 Å². The van der Waals surface area contributed by atoms with Gasteiger partial charge in [-0.05, 0) is 19.2 Å². The number of hydrogen-bond donors (Lipinski definition) is 3. The van der Waals surface area contributed by atoms with E-state index in [1.54, 1.807) is 7.05 Å². The summed E-state index contributed by atoms with van der Waals surface area (Å²) in [6.45, 7) is 0.305.